The fourth-order valence-corrected chi connectivity index (χ4v) is 4.16. The standard InChI is InChI=1S/C23H28N8O3/c1-4-33-23-15-5-6-17-16-11-18(24-12-19(16)27-26-17)22-21(13-25-30(22)3)34-10-8-29(2)14-20(15)31(28-23)7-9-32/h5-6,11-13,32H,4,7-10,14H2,1-3H3,(H,26,27)/b6-5+. The molecule has 0 saturated heterocycles. The van der Waals surface area contributed by atoms with Crippen LogP contribution in [0, 0.1) is 0 Å². The van der Waals surface area contributed by atoms with Crippen LogP contribution in [0.25, 0.3) is 34.4 Å². The van der Waals surface area contributed by atoms with E-state index in [1.807, 2.05) is 43.9 Å². The van der Waals surface area contributed by atoms with Gasteiger partial charge in [0.2, 0.25) is 5.88 Å². The van der Waals surface area contributed by atoms with Gasteiger partial charge in [-0.25, -0.2) is 0 Å². The van der Waals surface area contributed by atoms with Crippen molar-refractivity contribution in [2.45, 2.75) is 20.0 Å². The Labute approximate surface area is 196 Å². The van der Waals surface area contributed by atoms with Crippen LogP contribution in [0.3, 0.4) is 0 Å². The van der Waals surface area contributed by atoms with E-state index in [9.17, 15) is 5.11 Å². The summed E-state index contributed by atoms with van der Waals surface area (Å²) in [5, 5.41) is 27.1. The third-order valence-corrected chi connectivity index (χ3v) is 5.84. The van der Waals surface area contributed by atoms with Gasteiger partial charge in [-0.15, -0.1) is 5.10 Å². The number of likely N-dealkylation sites (N-methyl/N-ethyl adjacent to an activating group) is 1. The number of rotatable bonds is 4. The maximum absolute atomic E-state index is 9.60. The van der Waals surface area contributed by atoms with Crippen molar-refractivity contribution >= 4 is 23.1 Å². The third kappa shape index (κ3) is 4.03. The van der Waals surface area contributed by atoms with Gasteiger partial charge in [0.25, 0.3) is 0 Å². The summed E-state index contributed by atoms with van der Waals surface area (Å²) in [6, 6.07) is 1.99. The monoisotopic (exact) mass is 464 g/mol. The molecule has 0 radical (unpaired) electrons. The highest BCUT2D eigenvalue weighted by atomic mass is 16.5. The van der Waals surface area contributed by atoms with E-state index in [2.05, 4.69) is 30.3 Å². The molecule has 0 saturated carbocycles. The molecule has 0 spiro atoms. The van der Waals surface area contributed by atoms with Crippen molar-refractivity contribution in [3.05, 3.63) is 35.4 Å². The van der Waals surface area contributed by atoms with E-state index in [0.29, 0.717) is 44.5 Å². The summed E-state index contributed by atoms with van der Waals surface area (Å²) < 4.78 is 15.5. The zero-order valence-corrected chi connectivity index (χ0v) is 19.5. The van der Waals surface area contributed by atoms with Crippen molar-refractivity contribution in [1.29, 1.82) is 0 Å². The van der Waals surface area contributed by atoms with Crippen LogP contribution in [0.15, 0.2) is 18.5 Å². The largest absolute Gasteiger partial charge is 0.488 e. The van der Waals surface area contributed by atoms with E-state index in [1.165, 1.54) is 0 Å². The first-order valence-corrected chi connectivity index (χ1v) is 11.3. The van der Waals surface area contributed by atoms with Gasteiger partial charge in [-0.1, -0.05) is 0 Å². The van der Waals surface area contributed by atoms with Crippen LogP contribution in [0.2, 0.25) is 0 Å². The minimum absolute atomic E-state index is 0.0141. The van der Waals surface area contributed by atoms with E-state index in [-0.39, 0.29) is 6.61 Å². The van der Waals surface area contributed by atoms with E-state index in [1.54, 1.807) is 17.1 Å². The third-order valence-electron chi connectivity index (χ3n) is 5.84. The number of hydrogen-bond acceptors (Lipinski definition) is 8. The number of pyridine rings is 1. The smallest absolute Gasteiger partial charge is 0.240 e. The van der Waals surface area contributed by atoms with Crippen molar-refractivity contribution < 1.29 is 14.6 Å². The van der Waals surface area contributed by atoms with Crippen LogP contribution in [0.5, 0.6) is 11.6 Å². The number of aryl methyl sites for hydroxylation is 1. The van der Waals surface area contributed by atoms with E-state index < -0.39 is 0 Å². The highest BCUT2D eigenvalue weighted by molar-refractivity contribution is 5.91. The molecular formula is C23H28N8O3. The van der Waals surface area contributed by atoms with Crippen molar-refractivity contribution in [1.82, 2.24) is 39.6 Å². The summed E-state index contributed by atoms with van der Waals surface area (Å²) in [5.41, 5.74) is 5.00. The number of fused-ring (bicyclic) bond motifs is 4. The Balaban J connectivity index is 1.67. The van der Waals surface area contributed by atoms with E-state index >= 15 is 0 Å². The number of aliphatic hydroxyl groups is 1. The zero-order chi connectivity index (χ0) is 23.7. The van der Waals surface area contributed by atoms with Gasteiger partial charge in [0.1, 0.15) is 12.3 Å². The van der Waals surface area contributed by atoms with Crippen molar-refractivity contribution in [2.75, 3.05) is 33.4 Å². The molecule has 11 nitrogen and oxygen atoms in total. The number of nitrogens with one attached hydrogen (secondary N) is 1. The number of aromatic amines is 1. The molecule has 34 heavy (non-hydrogen) atoms. The highest BCUT2D eigenvalue weighted by Gasteiger charge is 2.20. The predicted octanol–water partition coefficient (Wildman–Crippen LogP) is 1.94. The van der Waals surface area contributed by atoms with Crippen LogP contribution in [-0.4, -0.2) is 78.2 Å². The highest BCUT2D eigenvalue weighted by Crippen LogP contribution is 2.32. The lowest BCUT2D eigenvalue weighted by atomic mass is 10.1. The minimum atomic E-state index is -0.0141. The average molecular weight is 465 g/mol. The molecule has 0 fully saturated rings. The van der Waals surface area contributed by atoms with Crippen LogP contribution in [0.4, 0.5) is 0 Å². The fraction of sp³-hybridized carbons (Fsp3) is 0.391. The molecule has 5 rings (SSSR count). The lowest BCUT2D eigenvalue weighted by molar-refractivity contribution is 0.224. The van der Waals surface area contributed by atoms with Crippen LogP contribution >= 0.6 is 0 Å². The minimum Gasteiger partial charge on any atom is -0.488 e. The maximum atomic E-state index is 9.60. The Bertz CT molecular complexity index is 1340. The fourth-order valence-electron chi connectivity index (χ4n) is 4.16. The summed E-state index contributed by atoms with van der Waals surface area (Å²) in [6.45, 7) is 4.55. The van der Waals surface area contributed by atoms with Gasteiger partial charge in [-0.05, 0) is 32.2 Å². The quantitative estimate of drug-likeness (QED) is 0.470. The molecule has 1 aliphatic heterocycles. The second-order valence-electron chi connectivity index (χ2n) is 8.17. The molecule has 4 aromatic heterocycles. The Morgan fingerprint density at radius 3 is 2.94 bits per heavy atom. The van der Waals surface area contributed by atoms with Crippen molar-refractivity contribution in [3.8, 4) is 23.0 Å². The summed E-state index contributed by atoms with van der Waals surface area (Å²) in [4.78, 5) is 6.77. The predicted molar refractivity (Wildman–Crippen MR) is 127 cm³/mol. The van der Waals surface area contributed by atoms with Crippen LogP contribution < -0.4 is 9.47 Å². The van der Waals surface area contributed by atoms with Crippen molar-refractivity contribution in [2.24, 2.45) is 7.05 Å². The molecule has 11 heteroatoms. The van der Waals surface area contributed by atoms with Gasteiger partial charge in [0.15, 0.2) is 5.75 Å². The number of aliphatic hydroxyl groups excluding tert-OH is 1. The summed E-state index contributed by atoms with van der Waals surface area (Å²) in [7, 11) is 3.90. The second kappa shape index (κ2) is 9.27. The van der Waals surface area contributed by atoms with E-state index in [4.69, 9.17) is 9.47 Å². The lowest BCUT2D eigenvalue weighted by Crippen LogP contribution is -2.26. The summed E-state index contributed by atoms with van der Waals surface area (Å²) >= 11 is 0. The maximum Gasteiger partial charge on any atom is 0.240 e. The second-order valence-corrected chi connectivity index (χ2v) is 8.17. The zero-order valence-electron chi connectivity index (χ0n) is 19.5. The van der Waals surface area contributed by atoms with Crippen LogP contribution in [-0.2, 0) is 20.1 Å². The Morgan fingerprint density at radius 2 is 2.12 bits per heavy atom. The first-order valence-electron chi connectivity index (χ1n) is 11.3. The van der Waals surface area contributed by atoms with Gasteiger partial charge in [-0.3, -0.25) is 24.3 Å². The van der Waals surface area contributed by atoms with Crippen LogP contribution in [0.1, 0.15) is 23.9 Å². The molecular weight excluding hydrogens is 436 g/mol. The van der Waals surface area contributed by atoms with E-state index in [0.717, 1.165) is 39.2 Å². The van der Waals surface area contributed by atoms with Crippen molar-refractivity contribution in [3.63, 3.8) is 0 Å². The molecule has 0 atom stereocenters. The Hall–Kier alpha value is -3.70. The molecule has 1 aliphatic rings. The topological polar surface area (TPSA) is 119 Å². The first-order chi connectivity index (χ1) is 16.6. The normalized spacial score (nSPS) is 15.4. The molecule has 178 valence electrons. The van der Waals surface area contributed by atoms with Gasteiger partial charge in [0.05, 0.1) is 60.3 Å². The molecule has 5 heterocycles. The number of nitrogens with zero attached hydrogens (tertiary/aromatic N) is 7. The molecule has 4 aromatic rings. The number of H-pyrrole nitrogens is 1. The molecule has 2 N–H and O–H groups in total. The average Bonchev–Trinajstić information content (AvgIpc) is 3.48. The molecule has 0 unspecified atom stereocenters. The molecule has 2 bridgehead atoms. The molecule has 0 aromatic carbocycles. The van der Waals surface area contributed by atoms with Gasteiger partial charge in [0, 0.05) is 25.5 Å². The summed E-state index contributed by atoms with van der Waals surface area (Å²) in [6.07, 6.45) is 7.43. The first kappa shape index (κ1) is 22.1. The van der Waals surface area contributed by atoms with Gasteiger partial charge < -0.3 is 14.6 Å². The number of aromatic nitrogens is 7. The Morgan fingerprint density at radius 1 is 1.24 bits per heavy atom. The lowest BCUT2D eigenvalue weighted by Gasteiger charge is -2.18. The van der Waals surface area contributed by atoms with Gasteiger partial charge in [-0.2, -0.15) is 10.2 Å². The number of ether oxygens (including phenoxy) is 2. The molecule has 0 aliphatic carbocycles. The number of hydrogen-bond donors (Lipinski definition) is 2. The molecule has 0 amide bonds. The summed E-state index contributed by atoms with van der Waals surface area (Å²) in [5.74, 6) is 1.22. The Kier molecular flexibility index (Phi) is 6.03. The van der Waals surface area contributed by atoms with Gasteiger partial charge >= 0.3 is 0 Å². The SMILES string of the molecule is CCOc1nn(CCO)c2c1/C=C/c1n[nH]c3cnc(cc13)-c1c(cnn1C)OCCN(C)C2.